The van der Waals surface area contributed by atoms with Gasteiger partial charge < -0.3 is 28.6 Å². The van der Waals surface area contributed by atoms with Crippen LogP contribution in [0.4, 0.5) is 20.2 Å². The van der Waals surface area contributed by atoms with Gasteiger partial charge in [0.2, 0.25) is 0 Å². The van der Waals surface area contributed by atoms with E-state index < -0.39 is 35.1 Å². The van der Waals surface area contributed by atoms with Crippen molar-refractivity contribution in [3.05, 3.63) is 53.0 Å². The molecule has 0 N–H and O–H groups in total. The van der Waals surface area contributed by atoms with Gasteiger partial charge in [-0.3, -0.25) is 0 Å². The van der Waals surface area contributed by atoms with E-state index in [0.717, 1.165) is 10.5 Å². The molecule has 50 heavy (non-hydrogen) atoms. The molecule has 0 radical (unpaired) electrons. The van der Waals surface area contributed by atoms with Gasteiger partial charge in [0.15, 0.2) is 5.82 Å². The molecule has 0 bridgehead atoms. The molecule has 1 aliphatic heterocycles. The number of fused-ring (bicyclic) bond motifs is 1. The Morgan fingerprint density at radius 1 is 0.880 bits per heavy atom. The van der Waals surface area contributed by atoms with E-state index in [4.69, 9.17) is 23.7 Å². The van der Waals surface area contributed by atoms with Crippen LogP contribution in [0, 0.1) is 18.8 Å². The molecule has 270 valence electrons. The summed E-state index contributed by atoms with van der Waals surface area (Å²) in [7, 11) is 3.17. The summed E-state index contributed by atoms with van der Waals surface area (Å²) >= 11 is 0. The Morgan fingerprint density at radius 3 is 2.06 bits per heavy atom. The monoisotopic (exact) mass is 691 g/mol. The van der Waals surface area contributed by atoms with Crippen LogP contribution < -0.4 is 9.64 Å². The second kappa shape index (κ2) is 14.6. The average Bonchev–Trinajstić information content (AvgIpc) is 3.55. The number of hydrogen-bond acceptors (Lipinski definition) is 10. The number of ether oxygens (including phenoxy) is 5. The molecule has 3 amide bonds. The fourth-order valence-corrected chi connectivity index (χ4v) is 5.57. The summed E-state index contributed by atoms with van der Waals surface area (Å²) in [6, 6.07) is 7.21. The molecule has 2 atom stereocenters. The number of methoxy groups -OCH3 is 2. The van der Waals surface area contributed by atoms with E-state index in [1.54, 1.807) is 65.2 Å². The highest BCUT2D eigenvalue weighted by atomic mass is 16.6. The summed E-state index contributed by atoms with van der Waals surface area (Å²) in [5.41, 5.74) is 0.489. The lowest BCUT2D eigenvalue weighted by Gasteiger charge is -2.28. The van der Waals surface area contributed by atoms with E-state index in [2.05, 4.69) is 21.9 Å². The van der Waals surface area contributed by atoms with Gasteiger partial charge in [-0.2, -0.15) is 10.00 Å². The van der Waals surface area contributed by atoms with Crippen LogP contribution in [0.25, 0.3) is 5.52 Å². The molecule has 1 unspecified atom stereocenters. The fourth-order valence-electron chi connectivity index (χ4n) is 5.57. The number of nitrogens with zero attached hydrogens (tertiary/aromatic N) is 5. The second-order valence-electron chi connectivity index (χ2n) is 15.3. The molecule has 1 saturated heterocycles. The molecular weight excluding hydrogens is 642 g/mol. The number of likely N-dealkylation sites (tertiary alicyclic amines) is 1. The van der Waals surface area contributed by atoms with Gasteiger partial charge in [0.25, 0.3) is 0 Å². The third-order valence-corrected chi connectivity index (χ3v) is 7.37. The Hall–Kier alpha value is -4.83. The molecular formula is C37H49N5O8. The van der Waals surface area contributed by atoms with Crippen molar-refractivity contribution in [3.63, 3.8) is 0 Å². The van der Waals surface area contributed by atoms with E-state index in [1.165, 1.54) is 6.33 Å². The minimum Gasteiger partial charge on any atom is -0.497 e. The Balaban J connectivity index is 1.95. The Bertz CT molecular complexity index is 1770. The van der Waals surface area contributed by atoms with Crippen molar-refractivity contribution in [3.8, 4) is 17.6 Å². The smallest absolute Gasteiger partial charge is 0.425 e. The lowest BCUT2D eigenvalue weighted by atomic mass is 10.0. The lowest BCUT2D eigenvalue weighted by Crippen LogP contribution is -2.44. The van der Waals surface area contributed by atoms with Gasteiger partial charge in [0, 0.05) is 30.8 Å². The van der Waals surface area contributed by atoms with E-state index in [0.29, 0.717) is 42.1 Å². The van der Waals surface area contributed by atoms with Crippen LogP contribution in [0.15, 0.2) is 30.6 Å². The molecule has 0 spiro atoms. The Labute approximate surface area is 294 Å². The first-order valence-corrected chi connectivity index (χ1v) is 16.5. The molecule has 3 aromatic rings. The number of aromatic nitrogens is 3. The topological polar surface area (TPSA) is 134 Å². The lowest BCUT2D eigenvalue weighted by molar-refractivity contribution is 0.0146. The normalized spacial score (nSPS) is 16.4. The number of rotatable bonds is 5. The molecule has 3 heterocycles. The van der Waals surface area contributed by atoms with Crippen molar-refractivity contribution in [2.75, 3.05) is 32.3 Å². The zero-order valence-corrected chi connectivity index (χ0v) is 31.2. The summed E-state index contributed by atoms with van der Waals surface area (Å²) in [6.45, 7) is 18.2. The van der Waals surface area contributed by atoms with Gasteiger partial charge in [-0.15, -0.1) is 0 Å². The van der Waals surface area contributed by atoms with Gasteiger partial charge >= 0.3 is 18.3 Å². The SMILES string of the molecule is COC[C@H]1CC(c2cc(C#Cc3cc(C)cc(OC)c3)c3c(N(C(=O)OC(C)(C)C)C(=O)OC(C)(C)C)ncnn23)CN1C(=O)OC(C)(C)C. The van der Waals surface area contributed by atoms with Crippen LogP contribution in [0.3, 0.4) is 0 Å². The molecule has 0 aliphatic carbocycles. The first-order chi connectivity index (χ1) is 23.2. The van der Waals surface area contributed by atoms with Crippen LogP contribution in [-0.2, 0) is 18.9 Å². The minimum absolute atomic E-state index is 0.0729. The summed E-state index contributed by atoms with van der Waals surface area (Å²) in [5.74, 6) is 6.76. The highest BCUT2D eigenvalue weighted by molar-refractivity contribution is 6.11. The number of carbonyl (C=O) groups is 3. The number of amides is 3. The highest BCUT2D eigenvalue weighted by Crippen LogP contribution is 2.37. The summed E-state index contributed by atoms with van der Waals surface area (Å²) < 4.78 is 29.6. The molecule has 13 heteroatoms. The van der Waals surface area contributed by atoms with Gasteiger partial charge in [0.05, 0.1) is 25.3 Å². The molecule has 1 aromatic carbocycles. The first-order valence-electron chi connectivity index (χ1n) is 16.5. The molecule has 1 aliphatic rings. The molecule has 13 nitrogen and oxygen atoms in total. The largest absolute Gasteiger partial charge is 0.497 e. The molecule has 1 fully saturated rings. The van der Waals surface area contributed by atoms with E-state index in [-0.39, 0.29) is 23.3 Å². The third kappa shape index (κ3) is 9.44. The highest BCUT2D eigenvalue weighted by Gasteiger charge is 2.41. The standard InChI is InChI=1S/C37H49N5O8/c1-23-15-24(17-28(16-23)47-12)13-14-25-19-29(26-18-27(21-46-11)40(20-26)32(43)48-35(2,3)4)42-30(25)31(38-22-39-42)41(33(44)49-36(5,6)7)34(45)50-37(8,9)10/h15-17,19,22,26-27H,18,20-21H2,1-12H3/t26?,27-/m1/s1. The number of imide groups is 1. The zero-order valence-electron chi connectivity index (χ0n) is 31.2. The Morgan fingerprint density at radius 2 is 1.50 bits per heavy atom. The van der Waals surface area contributed by atoms with Crippen LogP contribution in [-0.4, -0.2) is 88.0 Å². The van der Waals surface area contributed by atoms with Gasteiger partial charge in [-0.05, 0) is 105 Å². The maximum absolute atomic E-state index is 13.8. The van der Waals surface area contributed by atoms with Crippen LogP contribution in [0.1, 0.15) is 97.0 Å². The summed E-state index contributed by atoms with van der Waals surface area (Å²) in [5, 5.41) is 4.58. The molecule has 4 rings (SSSR count). The van der Waals surface area contributed by atoms with E-state index in [9.17, 15) is 14.4 Å². The predicted octanol–water partition coefficient (Wildman–Crippen LogP) is 6.86. The maximum atomic E-state index is 13.8. The molecule has 2 aromatic heterocycles. The number of benzene rings is 1. The number of aryl methyl sites for hydroxylation is 1. The quantitative estimate of drug-likeness (QED) is 0.206. The van der Waals surface area contributed by atoms with Crippen molar-refractivity contribution in [2.24, 2.45) is 0 Å². The third-order valence-electron chi connectivity index (χ3n) is 7.37. The van der Waals surface area contributed by atoms with Gasteiger partial charge in [-0.25, -0.2) is 23.9 Å². The van der Waals surface area contributed by atoms with Crippen molar-refractivity contribution in [2.45, 2.75) is 104 Å². The van der Waals surface area contributed by atoms with Crippen LogP contribution in [0.2, 0.25) is 0 Å². The van der Waals surface area contributed by atoms with Crippen LogP contribution in [0.5, 0.6) is 5.75 Å². The fraction of sp³-hybridized carbons (Fsp3) is 0.541. The zero-order chi connectivity index (χ0) is 37.2. The van der Waals surface area contributed by atoms with Crippen LogP contribution >= 0.6 is 0 Å². The summed E-state index contributed by atoms with van der Waals surface area (Å²) in [6.07, 6.45) is -0.622. The minimum atomic E-state index is -0.977. The number of anilines is 1. The van der Waals surface area contributed by atoms with E-state index >= 15 is 0 Å². The van der Waals surface area contributed by atoms with Crippen molar-refractivity contribution in [1.82, 2.24) is 19.5 Å². The number of hydrogen-bond donors (Lipinski definition) is 0. The number of carbonyl (C=O) groups excluding carboxylic acids is 3. The van der Waals surface area contributed by atoms with Crippen molar-refractivity contribution in [1.29, 1.82) is 0 Å². The second-order valence-corrected chi connectivity index (χ2v) is 15.3. The van der Waals surface area contributed by atoms with E-state index in [1.807, 2.05) is 52.0 Å². The van der Waals surface area contributed by atoms with Gasteiger partial charge in [-0.1, -0.05) is 11.8 Å². The summed E-state index contributed by atoms with van der Waals surface area (Å²) in [4.78, 5) is 47.7. The first kappa shape index (κ1) is 38.0. The predicted molar refractivity (Wildman–Crippen MR) is 188 cm³/mol. The Kier molecular flexibility index (Phi) is 11.1. The van der Waals surface area contributed by atoms with Crippen molar-refractivity contribution >= 4 is 29.6 Å². The van der Waals surface area contributed by atoms with Crippen molar-refractivity contribution < 1.29 is 38.1 Å². The average molecular weight is 692 g/mol. The van der Waals surface area contributed by atoms with Gasteiger partial charge in [0.1, 0.15) is 34.4 Å². The molecule has 0 saturated carbocycles. The maximum Gasteiger partial charge on any atom is 0.425 e.